The van der Waals surface area contributed by atoms with Gasteiger partial charge in [0, 0.05) is 24.1 Å². The molecule has 1 aromatic heterocycles. The Morgan fingerprint density at radius 2 is 2.47 bits per heavy atom. The summed E-state index contributed by atoms with van der Waals surface area (Å²) in [5.74, 6) is -0.105. The number of hydrogen-bond acceptors (Lipinski definition) is 4. The van der Waals surface area contributed by atoms with Crippen LogP contribution in [0.5, 0.6) is 0 Å². The largest absolute Gasteiger partial charge is 0.364 e. The number of hydrogen-bond donors (Lipinski definition) is 2. The standard InChI is InChI=1S/C12H17N3O2/c1-8-6-9(4-5-14-8)15-12(16)11-3-2-10(7-13)17-11/h4-6,10-11H,2-3,7,13H2,1H3,(H,14,15,16). The third-order valence-corrected chi connectivity index (χ3v) is 2.83. The van der Waals surface area contributed by atoms with Gasteiger partial charge in [-0.3, -0.25) is 9.78 Å². The summed E-state index contributed by atoms with van der Waals surface area (Å²) in [6.07, 6.45) is 2.90. The number of aromatic nitrogens is 1. The molecule has 17 heavy (non-hydrogen) atoms. The Labute approximate surface area is 100 Å². The molecule has 0 radical (unpaired) electrons. The number of nitrogens with two attached hydrogens (primary N) is 1. The minimum atomic E-state index is -0.378. The Kier molecular flexibility index (Phi) is 3.71. The van der Waals surface area contributed by atoms with Crippen molar-refractivity contribution in [2.24, 2.45) is 5.73 Å². The van der Waals surface area contributed by atoms with Crippen LogP contribution in [0.4, 0.5) is 5.69 Å². The minimum absolute atomic E-state index is 0.0185. The van der Waals surface area contributed by atoms with Crippen molar-refractivity contribution >= 4 is 11.6 Å². The van der Waals surface area contributed by atoms with E-state index in [4.69, 9.17) is 10.5 Å². The molecule has 1 aliphatic heterocycles. The number of carbonyl (C=O) groups excluding carboxylic acids is 1. The molecule has 2 rings (SSSR count). The van der Waals surface area contributed by atoms with E-state index in [2.05, 4.69) is 10.3 Å². The van der Waals surface area contributed by atoms with Gasteiger partial charge in [-0.05, 0) is 31.9 Å². The number of nitrogens with zero attached hydrogens (tertiary/aromatic N) is 1. The van der Waals surface area contributed by atoms with Crippen molar-refractivity contribution in [3.63, 3.8) is 0 Å². The monoisotopic (exact) mass is 235 g/mol. The zero-order chi connectivity index (χ0) is 12.3. The molecule has 92 valence electrons. The maximum Gasteiger partial charge on any atom is 0.253 e. The maximum atomic E-state index is 11.9. The number of carbonyl (C=O) groups is 1. The number of anilines is 1. The molecule has 1 aliphatic rings. The first-order valence-electron chi connectivity index (χ1n) is 5.78. The Bertz CT molecular complexity index is 408. The molecular weight excluding hydrogens is 218 g/mol. The predicted molar refractivity (Wildman–Crippen MR) is 64.6 cm³/mol. The third-order valence-electron chi connectivity index (χ3n) is 2.83. The normalized spacial score (nSPS) is 23.6. The highest BCUT2D eigenvalue weighted by molar-refractivity contribution is 5.94. The highest BCUT2D eigenvalue weighted by Crippen LogP contribution is 2.20. The average molecular weight is 235 g/mol. The molecular formula is C12H17N3O2. The van der Waals surface area contributed by atoms with Crippen molar-refractivity contribution in [3.8, 4) is 0 Å². The Hall–Kier alpha value is -1.46. The lowest BCUT2D eigenvalue weighted by atomic mass is 10.2. The van der Waals surface area contributed by atoms with Crippen molar-refractivity contribution in [1.29, 1.82) is 0 Å². The van der Waals surface area contributed by atoms with Gasteiger partial charge in [0.05, 0.1) is 6.10 Å². The van der Waals surface area contributed by atoms with Gasteiger partial charge in [0.1, 0.15) is 6.10 Å². The molecule has 1 fully saturated rings. The van der Waals surface area contributed by atoms with E-state index >= 15 is 0 Å². The van der Waals surface area contributed by atoms with E-state index in [0.717, 1.165) is 24.2 Å². The SMILES string of the molecule is Cc1cc(NC(=O)C2CCC(CN)O2)ccn1. The highest BCUT2D eigenvalue weighted by atomic mass is 16.5. The molecule has 0 spiro atoms. The molecule has 1 saturated heterocycles. The van der Waals surface area contributed by atoms with Crippen LogP contribution < -0.4 is 11.1 Å². The first-order valence-corrected chi connectivity index (χ1v) is 5.78. The molecule has 2 atom stereocenters. The van der Waals surface area contributed by atoms with E-state index in [1.807, 2.05) is 13.0 Å². The minimum Gasteiger partial charge on any atom is -0.364 e. The van der Waals surface area contributed by atoms with E-state index < -0.39 is 0 Å². The molecule has 3 N–H and O–H groups in total. The first kappa shape index (κ1) is 12.0. The van der Waals surface area contributed by atoms with Crippen LogP contribution in [0.15, 0.2) is 18.3 Å². The Morgan fingerprint density at radius 1 is 1.65 bits per heavy atom. The summed E-state index contributed by atoms with van der Waals surface area (Å²) in [7, 11) is 0. The Balaban J connectivity index is 1.93. The lowest BCUT2D eigenvalue weighted by molar-refractivity contribution is -0.126. The van der Waals surface area contributed by atoms with Gasteiger partial charge in [-0.2, -0.15) is 0 Å². The van der Waals surface area contributed by atoms with Crippen LogP contribution in [0, 0.1) is 6.92 Å². The van der Waals surface area contributed by atoms with Gasteiger partial charge in [0.15, 0.2) is 0 Å². The van der Waals surface area contributed by atoms with Gasteiger partial charge in [-0.1, -0.05) is 0 Å². The highest BCUT2D eigenvalue weighted by Gasteiger charge is 2.29. The van der Waals surface area contributed by atoms with Crippen LogP contribution in [0.3, 0.4) is 0 Å². The second-order valence-electron chi connectivity index (χ2n) is 4.23. The third kappa shape index (κ3) is 3.01. The molecule has 2 heterocycles. The number of aryl methyl sites for hydroxylation is 1. The molecule has 5 heteroatoms. The van der Waals surface area contributed by atoms with Crippen LogP contribution in [0.25, 0.3) is 0 Å². The quantitative estimate of drug-likeness (QED) is 0.813. The molecule has 0 bridgehead atoms. The second-order valence-corrected chi connectivity index (χ2v) is 4.23. The zero-order valence-corrected chi connectivity index (χ0v) is 9.85. The fraction of sp³-hybridized carbons (Fsp3) is 0.500. The molecule has 0 aliphatic carbocycles. The number of rotatable bonds is 3. The molecule has 0 saturated carbocycles. The topological polar surface area (TPSA) is 77.2 Å². The summed E-state index contributed by atoms with van der Waals surface area (Å²) in [4.78, 5) is 16.0. The summed E-state index contributed by atoms with van der Waals surface area (Å²) in [6.45, 7) is 2.35. The molecule has 1 aromatic rings. The van der Waals surface area contributed by atoms with E-state index in [9.17, 15) is 4.79 Å². The summed E-state index contributed by atoms with van der Waals surface area (Å²) in [6, 6.07) is 3.59. The van der Waals surface area contributed by atoms with Crippen LogP contribution in [0.1, 0.15) is 18.5 Å². The van der Waals surface area contributed by atoms with Crippen molar-refractivity contribution in [2.75, 3.05) is 11.9 Å². The van der Waals surface area contributed by atoms with Crippen molar-refractivity contribution in [1.82, 2.24) is 4.98 Å². The van der Waals surface area contributed by atoms with Crippen LogP contribution >= 0.6 is 0 Å². The van der Waals surface area contributed by atoms with Crippen molar-refractivity contribution in [2.45, 2.75) is 32.0 Å². The zero-order valence-electron chi connectivity index (χ0n) is 9.85. The predicted octanol–water partition coefficient (Wildman–Crippen LogP) is 0.835. The van der Waals surface area contributed by atoms with Crippen LogP contribution in [-0.4, -0.2) is 29.6 Å². The molecule has 2 unspecified atom stereocenters. The smallest absolute Gasteiger partial charge is 0.253 e. The summed E-state index contributed by atoms with van der Waals surface area (Å²) >= 11 is 0. The van der Waals surface area contributed by atoms with Gasteiger partial charge in [-0.25, -0.2) is 0 Å². The molecule has 0 aromatic carbocycles. The second kappa shape index (κ2) is 5.25. The maximum absolute atomic E-state index is 11.9. The fourth-order valence-electron chi connectivity index (χ4n) is 1.92. The molecule has 1 amide bonds. The van der Waals surface area contributed by atoms with Gasteiger partial charge < -0.3 is 15.8 Å². The number of amides is 1. The van der Waals surface area contributed by atoms with Crippen LogP contribution in [-0.2, 0) is 9.53 Å². The van der Waals surface area contributed by atoms with E-state index in [1.165, 1.54) is 0 Å². The van der Waals surface area contributed by atoms with Crippen molar-refractivity contribution < 1.29 is 9.53 Å². The summed E-state index contributed by atoms with van der Waals surface area (Å²) in [5.41, 5.74) is 7.13. The average Bonchev–Trinajstić information content (AvgIpc) is 2.77. The van der Waals surface area contributed by atoms with E-state index in [-0.39, 0.29) is 18.1 Å². The van der Waals surface area contributed by atoms with Crippen molar-refractivity contribution in [3.05, 3.63) is 24.0 Å². The van der Waals surface area contributed by atoms with Gasteiger partial charge >= 0.3 is 0 Å². The van der Waals surface area contributed by atoms with Gasteiger partial charge in [0.2, 0.25) is 0 Å². The lowest BCUT2D eigenvalue weighted by Gasteiger charge is -2.12. The number of nitrogens with one attached hydrogen (secondary N) is 1. The number of ether oxygens (including phenoxy) is 1. The summed E-state index contributed by atoms with van der Waals surface area (Å²) < 4.78 is 5.52. The summed E-state index contributed by atoms with van der Waals surface area (Å²) in [5, 5.41) is 2.82. The first-order chi connectivity index (χ1) is 8.19. The number of pyridine rings is 1. The lowest BCUT2D eigenvalue weighted by Crippen LogP contribution is -2.29. The fourth-order valence-corrected chi connectivity index (χ4v) is 1.92. The van der Waals surface area contributed by atoms with Gasteiger partial charge in [-0.15, -0.1) is 0 Å². The molecule has 5 nitrogen and oxygen atoms in total. The van der Waals surface area contributed by atoms with Crippen LogP contribution in [0.2, 0.25) is 0 Å². The van der Waals surface area contributed by atoms with E-state index in [0.29, 0.717) is 6.54 Å². The van der Waals surface area contributed by atoms with E-state index in [1.54, 1.807) is 12.3 Å². The Morgan fingerprint density at radius 3 is 3.12 bits per heavy atom. The van der Waals surface area contributed by atoms with Gasteiger partial charge in [0.25, 0.3) is 5.91 Å².